The van der Waals surface area contributed by atoms with Gasteiger partial charge in [0, 0.05) is 47.5 Å². The highest BCUT2D eigenvalue weighted by atomic mass is 79.9. The summed E-state index contributed by atoms with van der Waals surface area (Å²) in [5.41, 5.74) is 7.51. The van der Waals surface area contributed by atoms with Crippen LogP contribution in [-0.4, -0.2) is 29.1 Å². The van der Waals surface area contributed by atoms with Crippen molar-refractivity contribution in [2.45, 2.75) is 56.3 Å². The molecule has 2 aliphatic heterocycles. The number of ether oxygens (including phenoxy) is 1. The molecule has 1 spiro atoms. The topological polar surface area (TPSA) is 38.5 Å². The van der Waals surface area contributed by atoms with E-state index in [1.807, 2.05) is 6.07 Å². The van der Waals surface area contributed by atoms with E-state index in [9.17, 15) is 0 Å². The van der Waals surface area contributed by atoms with Crippen molar-refractivity contribution in [3.63, 3.8) is 0 Å². The fraction of sp³-hybridized carbons (Fsp3) is 0.625. The van der Waals surface area contributed by atoms with Crippen LogP contribution in [0.5, 0.6) is 5.75 Å². The van der Waals surface area contributed by atoms with Gasteiger partial charge >= 0.3 is 0 Å². The molecule has 3 aliphatic rings. The lowest BCUT2D eigenvalue weighted by molar-refractivity contribution is 0.0433. The molecule has 0 bridgehead atoms. The van der Waals surface area contributed by atoms with E-state index in [0.29, 0.717) is 6.04 Å². The van der Waals surface area contributed by atoms with Crippen molar-refractivity contribution in [1.29, 1.82) is 0 Å². The molecule has 0 amide bonds. The number of benzene rings is 1. The molecule has 3 nitrogen and oxygen atoms in total. The highest BCUT2D eigenvalue weighted by molar-refractivity contribution is 9.10. The first kappa shape index (κ1) is 13.1. The largest absolute Gasteiger partial charge is 0.485 e. The zero-order chi connectivity index (χ0) is 13.9. The van der Waals surface area contributed by atoms with E-state index in [0.717, 1.165) is 41.2 Å². The molecule has 2 heterocycles. The lowest BCUT2D eigenvalue weighted by atomic mass is 9.86. The summed E-state index contributed by atoms with van der Waals surface area (Å²) in [6.45, 7) is 3.38. The van der Waals surface area contributed by atoms with Gasteiger partial charge in [0.05, 0.1) is 0 Å². The first-order valence-electron chi connectivity index (χ1n) is 7.56. The van der Waals surface area contributed by atoms with Crippen molar-refractivity contribution in [3.8, 4) is 5.75 Å². The molecule has 4 rings (SSSR count). The Kier molecular flexibility index (Phi) is 2.92. The monoisotopic (exact) mass is 336 g/mol. The minimum absolute atomic E-state index is 0.0672. The predicted octanol–water partition coefficient (Wildman–Crippen LogP) is 3.23. The minimum Gasteiger partial charge on any atom is -0.485 e. The van der Waals surface area contributed by atoms with Crippen molar-refractivity contribution in [2.75, 3.05) is 6.54 Å². The second kappa shape index (κ2) is 4.46. The Hall–Kier alpha value is -0.580. The van der Waals surface area contributed by atoms with Crippen molar-refractivity contribution >= 4 is 15.9 Å². The maximum atomic E-state index is 6.44. The van der Waals surface area contributed by atoms with Crippen LogP contribution >= 0.6 is 15.9 Å². The molecule has 2 N–H and O–H groups in total. The third-order valence-corrected chi connectivity index (χ3v) is 5.50. The summed E-state index contributed by atoms with van der Waals surface area (Å²) in [6.07, 6.45) is 4.75. The van der Waals surface area contributed by atoms with Gasteiger partial charge in [-0.2, -0.15) is 0 Å². The second-order valence-corrected chi connectivity index (χ2v) is 7.65. The summed E-state index contributed by atoms with van der Waals surface area (Å²) in [6, 6.07) is 7.71. The first-order valence-corrected chi connectivity index (χ1v) is 8.35. The number of fused-ring (bicyclic) bond motifs is 1. The normalized spacial score (nSPS) is 37.0. The van der Waals surface area contributed by atoms with Crippen LogP contribution in [0.4, 0.5) is 0 Å². The lowest BCUT2D eigenvalue weighted by Crippen LogP contribution is -2.45. The third-order valence-electron chi connectivity index (χ3n) is 5.01. The van der Waals surface area contributed by atoms with Gasteiger partial charge < -0.3 is 10.5 Å². The number of likely N-dealkylation sites (tertiary alicyclic amines) is 1. The summed E-state index contributed by atoms with van der Waals surface area (Å²) in [4.78, 5) is 2.64. The van der Waals surface area contributed by atoms with Gasteiger partial charge in [0.1, 0.15) is 11.4 Å². The molecule has 1 aromatic carbocycles. The van der Waals surface area contributed by atoms with Crippen LogP contribution in [0.2, 0.25) is 0 Å². The average molecular weight is 337 g/mol. The van der Waals surface area contributed by atoms with Crippen molar-refractivity contribution in [1.82, 2.24) is 4.90 Å². The van der Waals surface area contributed by atoms with E-state index in [1.165, 1.54) is 12.8 Å². The molecule has 2 unspecified atom stereocenters. The molecular weight excluding hydrogens is 316 g/mol. The molecular formula is C16H21BrN2O. The van der Waals surface area contributed by atoms with Gasteiger partial charge in [-0.1, -0.05) is 15.9 Å². The number of hydrogen-bond donors (Lipinski definition) is 1. The zero-order valence-corrected chi connectivity index (χ0v) is 13.4. The van der Waals surface area contributed by atoms with Crippen LogP contribution in [0.3, 0.4) is 0 Å². The SMILES string of the molecule is CC1CC2(C[C@@H](N)c3cc(Br)ccc3O2)CN1C1CC1. The maximum Gasteiger partial charge on any atom is 0.125 e. The molecule has 1 aromatic rings. The average Bonchev–Trinajstić information content (AvgIpc) is 3.17. The highest BCUT2D eigenvalue weighted by Crippen LogP contribution is 2.47. The number of hydrogen-bond acceptors (Lipinski definition) is 3. The molecule has 2 fully saturated rings. The van der Waals surface area contributed by atoms with E-state index in [2.05, 4.69) is 39.9 Å². The number of nitrogens with two attached hydrogens (primary N) is 1. The van der Waals surface area contributed by atoms with Crippen LogP contribution in [0.15, 0.2) is 22.7 Å². The molecule has 108 valence electrons. The Balaban J connectivity index is 1.64. The van der Waals surface area contributed by atoms with Crippen LogP contribution in [0.1, 0.15) is 44.2 Å². The van der Waals surface area contributed by atoms with Gasteiger partial charge in [0.25, 0.3) is 0 Å². The van der Waals surface area contributed by atoms with Crippen molar-refractivity contribution in [2.24, 2.45) is 5.73 Å². The molecule has 20 heavy (non-hydrogen) atoms. The summed E-state index contributed by atoms with van der Waals surface area (Å²) in [7, 11) is 0. The Morgan fingerprint density at radius 3 is 2.90 bits per heavy atom. The fourth-order valence-electron chi connectivity index (χ4n) is 4.01. The fourth-order valence-corrected chi connectivity index (χ4v) is 4.39. The van der Waals surface area contributed by atoms with Gasteiger partial charge in [-0.15, -0.1) is 0 Å². The predicted molar refractivity (Wildman–Crippen MR) is 82.9 cm³/mol. The molecule has 1 saturated heterocycles. The number of rotatable bonds is 1. The van der Waals surface area contributed by atoms with Crippen LogP contribution in [-0.2, 0) is 0 Å². The smallest absolute Gasteiger partial charge is 0.125 e. The molecule has 0 aromatic heterocycles. The van der Waals surface area contributed by atoms with Gasteiger partial charge in [0.15, 0.2) is 0 Å². The van der Waals surface area contributed by atoms with E-state index >= 15 is 0 Å². The van der Waals surface area contributed by atoms with E-state index in [-0.39, 0.29) is 11.6 Å². The number of nitrogens with zero attached hydrogens (tertiary/aromatic N) is 1. The van der Waals surface area contributed by atoms with Crippen LogP contribution < -0.4 is 10.5 Å². The third kappa shape index (κ3) is 2.09. The lowest BCUT2D eigenvalue weighted by Gasteiger charge is -2.39. The van der Waals surface area contributed by atoms with E-state index in [4.69, 9.17) is 10.5 Å². The summed E-state index contributed by atoms with van der Waals surface area (Å²) < 4.78 is 7.52. The van der Waals surface area contributed by atoms with Gasteiger partial charge in [-0.3, -0.25) is 4.90 Å². The zero-order valence-electron chi connectivity index (χ0n) is 11.8. The molecule has 1 aliphatic carbocycles. The summed E-state index contributed by atoms with van der Waals surface area (Å²) in [5, 5.41) is 0. The maximum absolute atomic E-state index is 6.44. The Morgan fingerprint density at radius 2 is 2.15 bits per heavy atom. The Labute approximate surface area is 128 Å². The highest BCUT2D eigenvalue weighted by Gasteiger charge is 2.51. The van der Waals surface area contributed by atoms with Crippen LogP contribution in [0, 0.1) is 0 Å². The minimum atomic E-state index is -0.0672. The van der Waals surface area contributed by atoms with E-state index in [1.54, 1.807) is 0 Å². The number of halogens is 1. The van der Waals surface area contributed by atoms with Gasteiger partial charge in [-0.05, 0) is 38.0 Å². The quantitative estimate of drug-likeness (QED) is 0.855. The molecule has 4 heteroatoms. The molecule has 3 atom stereocenters. The summed E-state index contributed by atoms with van der Waals surface area (Å²) >= 11 is 3.52. The van der Waals surface area contributed by atoms with Crippen LogP contribution in [0.25, 0.3) is 0 Å². The molecule has 1 saturated carbocycles. The van der Waals surface area contributed by atoms with E-state index < -0.39 is 0 Å². The first-order chi connectivity index (χ1) is 9.56. The summed E-state index contributed by atoms with van der Waals surface area (Å²) in [5.74, 6) is 0.983. The van der Waals surface area contributed by atoms with Gasteiger partial charge in [-0.25, -0.2) is 0 Å². The van der Waals surface area contributed by atoms with Crippen molar-refractivity contribution in [3.05, 3.63) is 28.2 Å². The second-order valence-electron chi connectivity index (χ2n) is 6.73. The standard InChI is InChI=1S/C16H21BrN2O/c1-10-7-16(9-19(10)12-3-4-12)8-14(18)13-6-11(17)2-5-15(13)20-16/h2,5-6,10,12,14H,3-4,7-9,18H2,1H3/t10?,14-,16?/m1/s1. The van der Waals surface area contributed by atoms with Crippen molar-refractivity contribution < 1.29 is 4.74 Å². The Morgan fingerprint density at radius 1 is 1.35 bits per heavy atom. The Bertz CT molecular complexity index is 545. The van der Waals surface area contributed by atoms with Gasteiger partial charge in [0.2, 0.25) is 0 Å². The molecule has 0 radical (unpaired) electrons.